The lowest BCUT2D eigenvalue weighted by Crippen LogP contribution is -2.33. The predicted octanol–water partition coefficient (Wildman–Crippen LogP) is 3.58. The first kappa shape index (κ1) is 12.5. The predicted molar refractivity (Wildman–Crippen MR) is 76.5 cm³/mol. The minimum absolute atomic E-state index is 0.338. The van der Waals surface area contributed by atoms with E-state index in [1.165, 1.54) is 0 Å². The largest absolute Gasteiger partial charge is 0.323 e. The molecule has 2 aromatic rings. The van der Waals surface area contributed by atoms with Crippen LogP contribution in [-0.2, 0) is 6.42 Å². The fourth-order valence-electron chi connectivity index (χ4n) is 2.39. The Morgan fingerprint density at radius 2 is 2.21 bits per heavy atom. The van der Waals surface area contributed by atoms with Crippen LogP contribution in [0.3, 0.4) is 0 Å². The van der Waals surface area contributed by atoms with E-state index in [0.29, 0.717) is 18.8 Å². The zero-order valence-corrected chi connectivity index (χ0v) is 12.1. The summed E-state index contributed by atoms with van der Waals surface area (Å²) < 4.78 is 14.9. The minimum atomic E-state index is -0.878. The molecule has 1 atom stereocenters. The van der Waals surface area contributed by atoms with Crippen molar-refractivity contribution in [3.63, 3.8) is 0 Å². The number of fused-ring (bicyclic) bond motifs is 1. The number of hydrogen-bond donors (Lipinski definition) is 0. The van der Waals surface area contributed by atoms with Crippen LogP contribution < -0.4 is 4.90 Å². The highest BCUT2D eigenvalue weighted by molar-refractivity contribution is 9.10. The van der Waals surface area contributed by atoms with Crippen molar-refractivity contribution in [1.29, 1.82) is 0 Å². The van der Waals surface area contributed by atoms with Crippen molar-refractivity contribution >= 4 is 27.4 Å². The molecule has 0 saturated carbocycles. The summed E-state index contributed by atoms with van der Waals surface area (Å²) in [4.78, 5) is 10.4. The van der Waals surface area contributed by atoms with Crippen molar-refractivity contribution in [1.82, 2.24) is 9.97 Å². The number of aryl methyl sites for hydroxylation is 1. The van der Waals surface area contributed by atoms with E-state index >= 15 is 0 Å². The quantitative estimate of drug-likeness (QED) is 0.804. The van der Waals surface area contributed by atoms with E-state index in [0.717, 1.165) is 21.5 Å². The highest BCUT2D eigenvalue weighted by Crippen LogP contribution is 2.34. The van der Waals surface area contributed by atoms with Gasteiger partial charge in [-0.25, -0.2) is 14.4 Å². The van der Waals surface area contributed by atoms with Gasteiger partial charge in [-0.2, -0.15) is 0 Å². The normalized spacial score (nSPS) is 18.3. The Morgan fingerprint density at radius 3 is 3.00 bits per heavy atom. The highest BCUT2D eigenvalue weighted by Gasteiger charge is 2.26. The van der Waals surface area contributed by atoms with Crippen LogP contribution in [0.15, 0.2) is 34.9 Å². The molecule has 0 saturated heterocycles. The molecule has 5 heteroatoms. The van der Waals surface area contributed by atoms with Gasteiger partial charge in [-0.3, -0.25) is 0 Å². The molecule has 3 rings (SSSR count). The van der Waals surface area contributed by atoms with Gasteiger partial charge in [0.15, 0.2) is 0 Å². The van der Waals surface area contributed by atoms with Gasteiger partial charge in [0.25, 0.3) is 0 Å². The van der Waals surface area contributed by atoms with E-state index in [1.54, 1.807) is 6.20 Å². The molecule has 19 heavy (non-hydrogen) atoms. The monoisotopic (exact) mass is 321 g/mol. The smallest absolute Gasteiger partial charge is 0.136 e. The molecule has 0 bridgehead atoms. The molecule has 0 aliphatic carbocycles. The standard InChI is InChI=1S/C14H13BrFN3/c1-9-17-5-4-14(18-9)19-8-12(16)7-10-6-11(15)2-3-13(10)19/h2-6,12H,7-8H2,1H3. The molecule has 0 fully saturated rings. The fourth-order valence-corrected chi connectivity index (χ4v) is 2.80. The first-order chi connectivity index (χ1) is 9.13. The lowest BCUT2D eigenvalue weighted by Gasteiger charge is -2.32. The van der Waals surface area contributed by atoms with Crippen LogP contribution >= 0.6 is 15.9 Å². The second-order valence-corrected chi connectivity index (χ2v) is 5.56. The first-order valence-corrected chi connectivity index (χ1v) is 6.92. The van der Waals surface area contributed by atoms with Crippen LogP contribution in [0.5, 0.6) is 0 Å². The van der Waals surface area contributed by atoms with Crippen molar-refractivity contribution in [3.05, 3.63) is 46.3 Å². The van der Waals surface area contributed by atoms with Gasteiger partial charge in [0.2, 0.25) is 0 Å². The average Bonchev–Trinajstić information content (AvgIpc) is 2.37. The van der Waals surface area contributed by atoms with E-state index in [2.05, 4.69) is 25.9 Å². The number of nitrogens with zero attached hydrogens (tertiary/aromatic N) is 3. The third-order valence-corrected chi connectivity index (χ3v) is 3.69. The topological polar surface area (TPSA) is 29.0 Å². The van der Waals surface area contributed by atoms with Crippen LogP contribution in [0.25, 0.3) is 0 Å². The number of benzene rings is 1. The van der Waals surface area contributed by atoms with E-state index < -0.39 is 6.17 Å². The van der Waals surface area contributed by atoms with E-state index in [1.807, 2.05) is 36.1 Å². The number of alkyl halides is 1. The number of anilines is 2. The van der Waals surface area contributed by atoms with E-state index in [-0.39, 0.29) is 0 Å². The molecule has 1 aromatic carbocycles. The molecule has 1 unspecified atom stereocenters. The van der Waals surface area contributed by atoms with Gasteiger partial charge < -0.3 is 4.90 Å². The lowest BCUT2D eigenvalue weighted by atomic mass is 10.0. The second kappa shape index (κ2) is 4.89. The van der Waals surface area contributed by atoms with Crippen molar-refractivity contribution < 1.29 is 4.39 Å². The van der Waals surface area contributed by atoms with Crippen molar-refractivity contribution in [2.75, 3.05) is 11.4 Å². The van der Waals surface area contributed by atoms with Gasteiger partial charge in [-0.05, 0) is 36.8 Å². The minimum Gasteiger partial charge on any atom is -0.323 e. The summed E-state index contributed by atoms with van der Waals surface area (Å²) in [7, 11) is 0. The molecular formula is C14H13BrFN3. The summed E-state index contributed by atoms with van der Waals surface area (Å²) in [5.41, 5.74) is 2.03. The zero-order valence-electron chi connectivity index (χ0n) is 10.5. The maximum Gasteiger partial charge on any atom is 0.136 e. The maximum atomic E-state index is 13.9. The molecule has 0 spiro atoms. The number of halogens is 2. The molecule has 0 radical (unpaired) electrons. The maximum absolute atomic E-state index is 13.9. The molecular weight excluding hydrogens is 309 g/mol. The Morgan fingerprint density at radius 1 is 1.37 bits per heavy atom. The molecule has 1 aliphatic heterocycles. The summed E-state index contributed by atoms with van der Waals surface area (Å²) in [6.07, 6.45) is 1.28. The fraction of sp³-hybridized carbons (Fsp3) is 0.286. The van der Waals surface area contributed by atoms with Gasteiger partial charge in [0.1, 0.15) is 17.8 Å². The molecule has 0 N–H and O–H groups in total. The van der Waals surface area contributed by atoms with Gasteiger partial charge in [-0.15, -0.1) is 0 Å². The highest BCUT2D eigenvalue weighted by atomic mass is 79.9. The number of aromatic nitrogens is 2. The molecule has 3 nitrogen and oxygen atoms in total. The Hall–Kier alpha value is -1.49. The Bertz CT molecular complexity index is 617. The van der Waals surface area contributed by atoms with Crippen LogP contribution in [0.2, 0.25) is 0 Å². The third kappa shape index (κ3) is 2.47. The van der Waals surface area contributed by atoms with Crippen LogP contribution in [0.1, 0.15) is 11.4 Å². The van der Waals surface area contributed by atoms with Crippen molar-refractivity contribution in [2.45, 2.75) is 19.5 Å². The van der Waals surface area contributed by atoms with Gasteiger partial charge in [0.05, 0.1) is 6.54 Å². The SMILES string of the molecule is Cc1nccc(N2CC(F)Cc3cc(Br)ccc32)n1. The van der Waals surface area contributed by atoms with Gasteiger partial charge in [0, 0.05) is 22.8 Å². The van der Waals surface area contributed by atoms with Crippen molar-refractivity contribution in [2.24, 2.45) is 0 Å². The Labute approximate surface area is 119 Å². The number of rotatable bonds is 1. The average molecular weight is 322 g/mol. The molecule has 98 valence electrons. The molecule has 0 amide bonds. The number of hydrogen-bond acceptors (Lipinski definition) is 3. The third-order valence-electron chi connectivity index (χ3n) is 3.19. The summed E-state index contributed by atoms with van der Waals surface area (Å²) in [6, 6.07) is 7.76. The Kier molecular flexibility index (Phi) is 3.22. The molecule has 2 heterocycles. The van der Waals surface area contributed by atoms with Crippen molar-refractivity contribution in [3.8, 4) is 0 Å². The summed E-state index contributed by atoms with van der Waals surface area (Å²) >= 11 is 3.43. The summed E-state index contributed by atoms with van der Waals surface area (Å²) in [5.74, 6) is 1.44. The van der Waals surface area contributed by atoms with Crippen LogP contribution in [-0.4, -0.2) is 22.7 Å². The second-order valence-electron chi connectivity index (χ2n) is 4.65. The van der Waals surface area contributed by atoms with Crippen LogP contribution in [0.4, 0.5) is 15.9 Å². The van der Waals surface area contributed by atoms with Gasteiger partial charge >= 0.3 is 0 Å². The van der Waals surface area contributed by atoms with E-state index in [4.69, 9.17) is 0 Å². The zero-order chi connectivity index (χ0) is 13.4. The van der Waals surface area contributed by atoms with Gasteiger partial charge in [-0.1, -0.05) is 15.9 Å². The molecule has 1 aliphatic rings. The van der Waals surface area contributed by atoms with Crippen LogP contribution in [0, 0.1) is 6.92 Å². The lowest BCUT2D eigenvalue weighted by molar-refractivity contribution is 0.330. The molecule has 1 aromatic heterocycles. The summed E-state index contributed by atoms with van der Waals surface area (Å²) in [5, 5.41) is 0. The Balaban J connectivity index is 2.08. The first-order valence-electron chi connectivity index (χ1n) is 6.13. The summed E-state index contributed by atoms with van der Waals surface area (Å²) in [6.45, 7) is 2.17. The van der Waals surface area contributed by atoms with E-state index in [9.17, 15) is 4.39 Å².